The SMILES string of the molecule is C=C(C)C1CCC(CNC(=O)Cc2c[nH]c3ccccc23)CC1. The molecule has 0 saturated heterocycles. The number of allylic oxidation sites excluding steroid dienone is 1. The molecule has 23 heavy (non-hydrogen) atoms. The Morgan fingerprint density at radius 1 is 1.26 bits per heavy atom. The van der Waals surface area contributed by atoms with Crippen molar-refractivity contribution in [3.05, 3.63) is 48.2 Å². The smallest absolute Gasteiger partial charge is 0.224 e. The van der Waals surface area contributed by atoms with E-state index in [1.807, 2.05) is 24.4 Å². The Kier molecular flexibility index (Phi) is 4.85. The van der Waals surface area contributed by atoms with Gasteiger partial charge in [0, 0.05) is 23.6 Å². The lowest BCUT2D eigenvalue weighted by atomic mass is 9.79. The maximum absolute atomic E-state index is 12.2. The van der Waals surface area contributed by atoms with Crippen molar-refractivity contribution in [3.8, 4) is 0 Å². The second kappa shape index (κ2) is 7.03. The Morgan fingerprint density at radius 3 is 2.74 bits per heavy atom. The summed E-state index contributed by atoms with van der Waals surface area (Å²) < 4.78 is 0. The lowest BCUT2D eigenvalue weighted by Gasteiger charge is -2.28. The first-order chi connectivity index (χ1) is 11.1. The van der Waals surface area contributed by atoms with Crippen molar-refractivity contribution in [3.63, 3.8) is 0 Å². The molecule has 0 spiro atoms. The van der Waals surface area contributed by atoms with Crippen LogP contribution in [0, 0.1) is 11.8 Å². The van der Waals surface area contributed by atoms with Crippen molar-refractivity contribution < 1.29 is 4.79 Å². The van der Waals surface area contributed by atoms with Crippen LogP contribution in [0.2, 0.25) is 0 Å². The van der Waals surface area contributed by atoms with Crippen molar-refractivity contribution >= 4 is 16.8 Å². The summed E-state index contributed by atoms with van der Waals surface area (Å²) in [5.74, 6) is 1.43. The third-order valence-corrected chi connectivity index (χ3v) is 5.16. The quantitative estimate of drug-likeness (QED) is 0.798. The molecule has 1 aromatic carbocycles. The molecule has 1 heterocycles. The topological polar surface area (TPSA) is 44.9 Å². The summed E-state index contributed by atoms with van der Waals surface area (Å²) in [6.07, 6.45) is 7.24. The fourth-order valence-electron chi connectivity index (χ4n) is 3.63. The zero-order valence-corrected chi connectivity index (χ0v) is 13.9. The fraction of sp³-hybridized carbons (Fsp3) is 0.450. The minimum absolute atomic E-state index is 0.122. The minimum atomic E-state index is 0.122. The van der Waals surface area contributed by atoms with Crippen LogP contribution in [0.15, 0.2) is 42.6 Å². The zero-order chi connectivity index (χ0) is 16.2. The van der Waals surface area contributed by atoms with Crippen LogP contribution >= 0.6 is 0 Å². The number of para-hydroxylation sites is 1. The lowest BCUT2D eigenvalue weighted by Crippen LogP contribution is -2.32. The third-order valence-electron chi connectivity index (χ3n) is 5.16. The van der Waals surface area contributed by atoms with E-state index in [1.54, 1.807) is 0 Å². The maximum Gasteiger partial charge on any atom is 0.224 e. The monoisotopic (exact) mass is 310 g/mol. The number of rotatable bonds is 5. The Morgan fingerprint density at radius 2 is 2.00 bits per heavy atom. The second-order valence-electron chi connectivity index (χ2n) is 6.90. The molecule has 3 heteroatoms. The van der Waals surface area contributed by atoms with Gasteiger partial charge in [-0.15, -0.1) is 0 Å². The molecule has 1 aliphatic carbocycles. The Hall–Kier alpha value is -2.03. The van der Waals surface area contributed by atoms with E-state index in [4.69, 9.17) is 0 Å². The Bertz CT molecular complexity index is 692. The van der Waals surface area contributed by atoms with Crippen molar-refractivity contribution in [2.24, 2.45) is 11.8 Å². The van der Waals surface area contributed by atoms with E-state index < -0.39 is 0 Å². The van der Waals surface area contributed by atoms with Gasteiger partial charge in [0.05, 0.1) is 6.42 Å². The Labute approximate surface area is 138 Å². The van der Waals surface area contributed by atoms with Crippen LogP contribution in [0.1, 0.15) is 38.2 Å². The minimum Gasteiger partial charge on any atom is -0.361 e. The number of carbonyl (C=O) groups is 1. The standard InChI is InChI=1S/C20H26N2O/c1-14(2)16-9-7-15(8-10-16)12-22-20(23)11-17-13-21-19-6-4-3-5-18(17)19/h3-6,13,15-16,21H,1,7-12H2,2H3,(H,22,23). The highest BCUT2D eigenvalue weighted by Gasteiger charge is 2.21. The number of fused-ring (bicyclic) bond motifs is 1. The molecule has 1 amide bonds. The average molecular weight is 310 g/mol. The average Bonchev–Trinajstić information content (AvgIpc) is 2.96. The van der Waals surface area contributed by atoms with Crippen molar-refractivity contribution in [1.29, 1.82) is 0 Å². The van der Waals surface area contributed by atoms with Crippen LogP contribution in [-0.2, 0) is 11.2 Å². The lowest BCUT2D eigenvalue weighted by molar-refractivity contribution is -0.120. The van der Waals surface area contributed by atoms with E-state index in [0.717, 1.165) is 23.0 Å². The molecule has 122 valence electrons. The molecule has 0 aliphatic heterocycles. The van der Waals surface area contributed by atoms with Gasteiger partial charge in [0.1, 0.15) is 0 Å². The molecule has 0 radical (unpaired) electrons. The maximum atomic E-state index is 12.2. The predicted octanol–water partition coefficient (Wildman–Crippen LogP) is 4.21. The Balaban J connectivity index is 1.48. The number of amides is 1. The first kappa shape index (κ1) is 15.9. The zero-order valence-electron chi connectivity index (χ0n) is 13.9. The molecule has 2 N–H and O–H groups in total. The molecule has 1 aromatic heterocycles. The molecule has 2 aromatic rings. The highest BCUT2D eigenvalue weighted by molar-refractivity contribution is 5.88. The summed E-state index contributed by atoms with van der Waals surface area (Å²) in [5, 5.41) is 4.27. The molecular formula is C20H26N2O. The highest BCUT2D eigenvalue weighted by Crippen LogP contribution is 2.32. The first-order valence-corrected chi connectivity index (χ1v) is 8.60. The fourth-order valence-corrected chi connectivity index (χ4v) is 3.63. The van der Waals surface area contributed by atoms with Crippen molar-refractivity contribution in [1.82, 2.24) is 10.3 Å². The van der Waals surface area contributed by atoms with E-state index >= 15 is 0 Å². The predicted molar refractivity (Wildman–Crippen MR) is 95.3 cm³/mol. The number of H-pyrrole nitrogens is 1. The van der Waals surface area contributed by atoms with Crippen LogP contribution in [0.5, 0.6) is 0 Å². The number of carbonyl (C=O) groups excluding carboxylic acids is 1. The molecule has 0 atom stereocenters. The van der Waals surface area contributed by atoms with Gasteiger partial charge < -0.3 is 10.3 Å². The largest absolute Gasteiger partial charge is 0.361 e. The van der Waals surface area contributed by atoms with Crippen LogP contribution in [0.3, 0.4) is 0 Å². The van der Waals surface area contributed by atoms with Crippen LogP contribution < -0.4 is 5.32 Å². The molecular weight excluding hydrogens is 284 g/mol. The second-order valence-corrected chi connectivity index (χ2v) is 6.90. The number of hydrogen-bond donors (Lipinski definition) is 2. The van der Waals surface area contributed by atoms with Gasteiger partial charge in [-0.2, -0.15) is 0 Å². The van der Waals surface area contributed by atoms with Crippen LogP contribution in [0.25, 0.3) is 10.9 Å². The number of aromatic amines is 1. The molecule has 1 aliphatic rings. The van der Waals surface area contributed by atoms with E-state index in [-0.39, 0.29) is 5.91 Å². The molecule has 1 fully saturated rings. The first-order valence-electron chi connectivity index (χ1n) is 8.60. The number of hydrogen-bond acceptors (Lipinski definition) is 1. The van der Waals surface area contributed by atoms with E-state index in [0.29, 0.717) is 18.3 Å². The van der Waals surface area contributed by atoms with Gasteiger partial charge in [-0.05, 0) is 56.1 Å². The molecule has 3 rings (SSSR count). The third kappa shape index (κ3) is 3.84. The van der Waals surface area contributed by atoms with Crippen molar-refractivity contribution in [2.75, 3.05) is 6.54 Å². The van der Waals surface area contributed by atoms with E-state index in [9.17, 15) is 4.79 Å². The van der Waals surface area contributed by atoms with E-state index in [2.05, 4.69) is 29.9 Å². The summed E-state index contributed by atoms with van der Waals surface area (Å²) >= 11 is 0. The summed E-state index contributed by atoms with van der Waals surface area (Å²) in [5.41, 5.74) is 3.48. The summed E-state index contributed by atoms with van der Waals surface area (Å²) in [7, 11) is 0. The number of benzene rings is 1. The number of aromatic nitrogens is 1. The van der Waals surface area contributed by atoms with Crippen molar-refractivity contribution in [2.45, 2.75) is 39.0 Å². The molecule has 0 unspecified atom stereocenters. The normalized spacial score (nSPS) is 21.3. The van der Waals surface area contributed by atoms with Gasteiger partial charge >= 0.3 is 0 Å². The van der Waals surface area contributed by atoms with Gasteiger partial charge in [-0.1, -0.05) is 30.4 Å². The highest BCUT2D eigenvalue weighted by atomic mass is 16.1. The van der Waals surface area contributed by atoms with E-state index in [1.165, 1.54) is 31.3 Å². The van der Waals surface area contributed by atoms with Crippen LogP contribution in [0.4, 0.5) is 0 Å². The van der Waals surface area contributed by atoms with Gasteiger partial charge in [0.15, 0.2) is 0 Å². The summed E-state index contributed by atoms with van der Waals surface area (Å²) in [6.45, 7) is 7.01. The van der Waals surface area contributed by atoms with Gasteiger partial charge in [0.25, 0.3) is 0 Å². The number of nitrogens with one attached hydrogen (secondary N) is 2. The van der Waals surface area contributed by atoms with Crippen LogP contribution in [-0.4, -0.2) is 17.4 Å². The molecule has 3 nitrogen and oxygen atoms in total. The molecule has 1 saturated carbocycles. The molecule has 0 bridgehead atoms. The van der Waals surface area contributed by atoms with Gasteiger partial charge in [-0.3, -0.25) is 4.79 Å². The van der Waals surface area contributed by atoms with Gasteiger partial charge in [0.2, 0.25) is 5.91 Å². The summed E-state index contributed by atoms with van der Waals surface area (Å²) in [4.78, 5) is 15.5. The summed E-state index contributed by atoms with van der Waals surface area (Å²) in [6, 6.07) is 8.12. The van der Waals surface area contributed by atoms with Gasteiger partial charge in [-0.25, -0.2) is 0 Å².